The van der Waals surface area contributed by atoms with Gasteiger partial charge in [0.05, 0.1) is 6.42 Å². The first kappa shape index (κ1) is 16.1. The van der Waals surface area contributed by atoms with Gasteiger partial charge in [-0.2, -0.15) is 5.10 Å². The molecular weight excluding hydrogens is 318 g/mol. The fourth-order valence-corrected chi connectivity index (χ4v) is 3.99. The van der Waals surface area contributed by atoms with Gasteiger partial charge in [-0.25, -0.2) is 9.89 Å². The zero-order valence-electron chi connectivity index (χ0n) is 14.2. The summed E-state index contributed by atoms with van der Waals surface area (Å²) in [6.07, 6.45) is 3.35. The van der Waals surface area contributed by atoms with E-state index >= 15 is 0 Å². The summed E-state index contributed by atoms with van der Waals surface area (Å²) < 4.78 is 0. The molecule has 0 saturated carbocycles. The minimum atomic E-state index is -0.370. The highest BCUT2D eigenvalue weighted by Crippen LogP contribution is 2.26. The van der Waals surface area contributed by atoms with Crippen molar-refractivity contribution >= 4 is 5.91 Å². The maximum atomic E-state index is 12.5. The molecule has 0 spiro atoms. The largest absolute Gasteiger partial charge is 0.341 e. The highest BCUT2D eigenvalue weighted by molar-refractivity contribution is 5.78. The lowest BCUT2D eigenvalue weighted by Crippen LogP contribution is -2.40. The average Bonchev–Trinajstić information content (AvgIpc) is 3.13. The van der Waals surface area contributed by atoms with Crippen molar-refractivity contribution in [3.63, 3.8) is 0 Å². The topological polar surface area (TPSA) is 85.1 Å². The SMILES string of the molecule is O=C(Cc1n[nH]c(=O)[nH]1)N1CCCN(C2Cc3ccccc3C2)CC1. The van der Waals surface area contributed by atoms with Gasteiger partial charge in [0, 0.05) is 32.2 Å². The summed E-state index contributed by atoms with van der Waals surface area (Å²) in [5, 5.41) is 6.13. The Morgan fingerprint density at radius 3 is 2.56 bits per heavy atom. The predicted molar refractivity (Wildman–Crippen MR) is 93.3 cm³/mol. The zero-order valence-corrected chi connectivity index (χ0v) is 14.2. The van der Waals surface area contributed by atoms with E-state index in [1.807, 2.05) is 4.90 Å². The van der Waals surface area contributed by atoms with Gasteiger partial charge in [-0.15, -0.1) is 0 Å². The number of aromatic amines is 2. The Morgan fingerprint density at radius 1 is 1.12 bits per heavy atom. The van der Waals surface area contributed by atoms with E-state index in [-0.39, 0.29) is 18.0 Å². The Kier molecular flexibility index (Phi) is 4.40. The van der Waals surface area contributed by atoms with Crippen LogP contribution in [0.5, 0.6) is 0 Å². The number of carbonyl (C=O) groups is 1. The highest BCUT2D eigenvalue weighted by atomic mass is 16.2. The number of nitrogens with zero attached hydrogens (tertiary/aromatic N) is 3. The molecule has 1 saturated heterocycles. The second-order valence-electron chi connectivity index (χ2n) is 6.90. The molecule has 1 aliphatic heterocycles. The van der Waals surface area contributed by atoms with E-state index in [1.165, 1.54) is 11.1 Å². The van der Waals surface area contributed by atoms with Crippen molar-refractivity contribution in [3.05, 3.63) is 51.7 Å². The third-order valence-corrected chi connectivity index (χ3v) is 5.30. The number of benzene rings is 1. The normalized spacial score (nSPS) is 19.0. The molecule has 132 valence electrons. The van der Waals surface area contributed by atoms with E-state index in [0.29, 0.717) is 11.9 Å². The highest BCUT2D eigenvalue weighted by Gasteiger charge is 2.29. The Labute approximate surface area is 146 Å². The molecule has 0 unspecified atom stereocenters. The van der Waals surface area contributed by atoms with Gasteiger partial charge < -0.3 is 4.90 Å². The summed E-state index contributed by atoms with van der Waals surface area (Å²) in [6.45, 7) is 3.44. The maximum absolute atomic E-state index is 12.5. The minimum Gasteiger partial charge on any atom is -0.341 e. The van der Waals surface area contributed by atoms with Crippen LogP contribution in [0.25, 0.3) is 0 Å². The van der Waals surface area contributed by atoms with Crippen molar-refractivity contribution < 1.29 is 4.79 Å². The lowest BCUT2D eigenvalue weighted by Gasteiger charge is -2.27. The molecule has 4 rings (SSSR count). The molecule has 1 aromatic heterocycles. The van der Waals surface area contributed by atoms with Gasteiger partial charge in [-0.3, -0.25) is 14.7 Å². The van der Waals surface area contributed by atoms with Crippen molar-refractivity contribution in [3.8, 4) is 0 Å². The van der Waals surface area contributed by atoms with Crippen LogP contribution < -0.4 is 5.69 Å². The fourth-order valence-electron chi connectivity index (χ4n) is 3.99. The summed E-state index contributed by atoms with van der Waals surface area (Å²) >= 11 is 0. The number of hydrogen-bond donors (Lipinski definition) is 2. The van der Waals surface area contributed by atoms with E-state index in [9.17, 15) is 9.59 Å². The summed E-state index contributed by atoms with van der Waals surface area (Å²) in [5.41, 5.74) is 2.56. The van der Waals surface area contributed by atoms with Gasteiger partial charge in [0.25, 0.3) is 0 Å². The van der Waals surface area contributed by atoms with Crippen LogP contribution in [0.2, 0.25) is 0 Å². The molecular formula is C18H23N5O2. The standard InChI is InChI=1S/C18H23N5O2/c24-17(12-16-19-18(25)21-20-16)23-7-3-6-22(8-9-23)15-10-13-4-1-2-5-14(13)11-15/h1-2,4-5,15H,3,6-12H2,(H2,19,20,21,25). The lowest BCUT2D eigenvalue weighted by molar-refractivity contribution is -0.130. The van der Waals surface area contributed by atoms with Crippen LogP contribution in [0, 0.1) is 0 Å². The Morgan fingerprint density at radius 2 is 1.88 bits per heavy atom. The van der Waals surface area contributed by atoms with Crippen molar-refractivity contribution in [1.29, 1.82) is 0 Å². The van der Waals surface area contributed by atoms with Gasteiger partial charge in [0.1, 0.15) is 5.82 Å². The van der Waals surface area contributed by atoms with Gasteiger partial charge in [0.15, 0.2) is 0 Å². The van der Waals surface area contributed by atoms with Crippen molar-refractivity contribution in [2.24, 2.45) is 0 Å². The molecule has 0 atom stereocenters. The van der Waals surface area contributed by atoms with Crippen molar-refractivity contribution in [1.82, 2.24) is 25.0 Å². The number of H-pyrrole nitrogens is 2. The molecule has 2 aliphatic rings. The van der Waals surface area contributed by atoms with E-state index < -0.39 is 0 Å². The van der Waals surface area contributed by atoms with Crippen LogP contribution in [-0.4, -0.2) is 63.1 Å². The van der Waals surface area contributed by atoms with Crippen LogP contribution in [0.15, 0.2) is 29.1 Å². The van der Waals surface area contributed by atoms with Gasteiger partial charge in [0.2, 0.25) is 5.91 Å². The van der Waals surface area contributed by atoms with Gasteiger partial charge >= 0.3 is 5.69 Å². The van der Waals surface area contributed by atoms with Crippen LogP contribution in [0.3, 0.4) is 0 Å². The first-order valence-corrected chi connectivity index (χ1v) is 8.91. The molecule has 1 amide bonds. The van der Waals surface area contributed by atoms with Crippen molar-refractivity contribution in [2.45, 2.75) is 31.7 Å². The van der Waals surface area contributed by atoms with Crippen LogP contribution >= 0.6 is 0 Å². The molecule has 1 aromatic carbocycles. The molecule has 1 aliphatic carbocycles. The monoisotopic (exact) mass is 341 g/mol. The van der Waals surface area contributed by atoms with E-state index in [2.05, 4.69) is 44.3 Å². The smallest absolute Gasteiger partial charge is 0.340 e. The summed E-state index contributed by atoms with van der Waals surface area (Å²) in [4.78, 5) is 30.5. The number of aromatic nitrogens is 3. The molecule has 7 heteroatoms. The van der Waals surface area contributed by atoms with E-state index in [4.69, 9.17) is 0 Å². The number of fused-ring (bicyclic) bond motifs is 1. The minimum absolute atomic E-state index is 0.0271. The summed E-state index contributed by atoms with van der Waals surface area (Å²) in [6, 6.07) is 9.24. The maximum Gasteiger partial charge on any atom is 0.340 e. The molecule has 7 nitrogen and oxygen atoms in total. The van der Waals surface area contributed by atoms with Gasteiger partial charge in [-0.1, -0.05) is 24.3 Å². The fraction of sp³-hybridized carbons (Fsp3) is 0.500. The van der Waals surface area contributed by atoms with E-state index in [0.717, 1.165) is 45.4 Å². The molecule has 2 heterocycles. The number of hydrogen-bond acceptors (Lipinski definition) is 4. The Hall–Kier alpha value is -2.41. The second-order valence-corrected chi connectivity index (χ2v) is 6.90. The van der Waals surface area contributed by atoms with Crippen LogP contribution in [-0.2, 0) is 24.1 Å². The quantitative estimate of drug-likeness (QED) is 0.843. The second kappa shape index (κ2) is 6.84. The first-order valence-electron chi connectivity index (χ1n) is 8.91. The van der Waals surface area contributed by atoms with Crippen molar-refractivity contribution in [2.75, 3.05) is 26.2 Å². The van der Waals surface area contributed by atoms with E-state index in [1.54, 1.807) is 0 Å². The average molecular weight is 341 g/mol. The lowest BCUT2D eigenvalue weighted by atomic mass is 10.1. The number of carbonyl (C=O) groups excluding carboxylic acids is 1. The zero-order chi connectivity index (χ0) is 17.2. The molecule has 0 bridgehead atoms. The molecule has 0 radical (unpaired) electrons. The first-order chi connectivity index (χ1) is 12.2. The number of amides is 1. The summed E-state index contributed by atoms with van der Waals surface area (Å²) in [7, 11) is 0. The molecule has 2 aromatic rings. The third-order valence-electron chi connectivity index (χ3n) is 5.30. The summed E-state index contributed by atoms with van der Waals surface area (Å²) in [5.74, 6) is 0.432. The van der Waals surface area contributed by atoms with Crippen LogP contribution in [0.4, 0.5) is 0 Å². The molecule has 2 N–H and O–H groups in total. The predicted octanol–water partition coefficient (Wildman–Crippen LogP) is 0.342. The third kappa shape index (κ3) is 3.51. The van der Waals surface area contributed by atoms with Gasteiger partial charge in [-0.05, 0) is 30.4 Å². The molecule has 1 fully saturated rings. The molecule has 25 heavy (non-hydrogen) atoms. The number of nitrogens with one attached hydrogen (secondary N) is 2. The van der Waals surface area contributed by atoms with Crippen LogP contribution in [0.1, 0.15) is 23.4 Å². The Bertz CT molecular complexity index is 787. The Balaban J connectivity index is 1.34. The number of rotatable bonds is 3.